The lowest BCUT2D eigenvalue weighted by molar-refractivity contribution is -0.917. The van der Waals surface area contributed by atoms with Crippen LogP contribution in [0.1, 0.15) is 47.8 Å². The van der Waals surface area contributed by atoms with Crippen LogP contribution in [-0.2, 0) is 18.4 Å². The van der Waals surface area contributed by atoms with Crippen LogP contribution in [0.4, 0.5) is 0 Å². The second-order valence-corrected chi connectivity index (χ2v) is 9.09. The van der Waals surface area contributed by atoms with Crippen LogP contribution in [0.2, 0.25) is 0 Å². The fourth-order valence-corrected chi connectivity index (χ4v) is 4.14. The van der Waals surface area contributed by atoms with Crippen molar-refractivity contribution in [1.82, 2.24) is 4.90 Å². The Hall–Kier alpha value is -2.33. The molecule has 2 aromatic rings. The number of nitrogens with zero attached hydrogens (tertiary/aromatic N) is 1. The van der Waals surface area contributed by atoms with Gasteiger partial charge in [-0.15, -0.1) is 0 Å². The Balaban J connectivity index is 1.33. The standard InChI is InChI=1S/C24H30N2O2/c1-24(2,3)21-7-5-19(6-8-21)23(27)26-13-11-25(12-14-26)17-18-4-9-22-20(16-18)10-15-28-22/h4-9,16H,10-15,17H2,1-3H3/p+1. The molecule has 0 aliphatic carbocycles. The number of carbonyl (C=O) groups is 1. The molecule has 4 nitrogen and oxygen atoms in total. The lowest BCUT2D eigenvalue weighted by atomic mass is 9.86. The van der Waals surface area contributed by atoms with Gasteiger partial charge in [0, 0.05) is 17.5 Å². The third-order valence-electron chi connectivity index (χ3n) is 5.96. The van der Waals surface area contributed by atoms with Crippen molar-refractivity contribution in [3.8, 4) is 5.75 Å². The van der Waals surface area contributed by atoms with Crippen molar-refractivity contribution in [3.63, 3.8) is 0 Å². The summed E-state index contributed by atoms with van der Waals surface area (Å²) >= 11 is 0. The van der Waals surface area contributed by atoms with Gasteiger partial charge < -0.3 is 14.5 Å². The molecule has 1 fully saturated rings. The van der Waals surface area contributed by atoms with Crippen molar-refractivity contribution in [2.24, 2.45) is 0 Å². The molecule has 0 aromatic heterocycles. The Kier molecular flexibility index (Phi) is 5.15. The fourth-order valence-electron chi connectivity index (χ4n) is 4.14. The molecular weight excluding hydrogens is 348 g/mol. The van der Waals surface area contributed by atoms with Gasteiger partial charge in [-0.2, -0.15) is 0 Å². The van der Waals surface area contributed by atoms with Crippen LogP contribution < -0.4 is 9.64 Å². The van der Waals surface area contributed by atoms with E-state index in [2.05, 4.69) is 51.1 Å². The molecule has 1 N–H and O–H groups in total. The van der Waals surface area contributed by atoms with Gasteiger partial charge in [0.25, 0.3) is 5.91 Å². The molecule has 4 heteroatoms. The van der Waals surface area contributed by atoms with E-state index in [1.165, 1.54) is 16.7 Å². The monoisotopic (exact) mass is 379 g/mol. The van der Waals surface area contributed by atoms with Crippen LogP contribution in [0.3, 0.4) is 0 Å². The summed E-state index contributed by atoms with van der Waals surface area (Å²) < 4.78 is 5.60. The SMILES string of the molecule is CC(C)(C)c1ccc(C(=O)N2CC[NH+](Cc3ccc4c(c3)CCO4)CC2)cc1. The van der Waals surface area contributed by atoms with E-state index in [0.29, 0.717) is 0 Å². The lowest BCUT2D eigenvalue weighted by Crippen LogP contribution is -3.13. The van der Waals surface area contributed by atoms with Gasteiger partial charge in [-0.25, -0.2) is 0 Å². The van der Waals surface area contributed by atoms with Crippen molar-refractivity contribution in [2.45, 2.75) is 39.2 Å². The fraction of sp³-hybridized carbons (Fsp3) is 0.458. The third kappa shape index (κ3) is 4.07. The maximum atomic E-state index is 12.9. The summed E-state index contributed by atoms with van der Waals surface area (Å²) in [5.41, 5.74) is 4.88. The zero-order valence-corrected chi connectivity index (χ0v) is 17.3. The number of quaternary nitrogens is 1. The molecule has 0 unspecified atom stereocenters. The van der Waals surface area contributed by atoms with Crippen molar-refractivity contribution in [3.05, 3.63) is 64.7 Å². The number of nitrogens with one attached hydrogen (secondary N) is 1. The first-order chi connectivity index (χ1) is 13.4. The number of rotatable bonds is 3. The molecule has 148 valence electrons. The molecule has 1 saturated heterocycles. The first-order valence-electron chi connectivity index (χ1n) is 10.4. The predicted octanol–water partition coefficient (Wildman–Crippen LogP) is 2.46. The molecule has 2 aliphatic rings. The molecule has 1 amide bonds. The van der Waals surface area contributed by atoms with E-state index in [9.17, 15) is 4.79 Å². The quantitative estimate of drug-likeness (QED) is 0.889. The Morgan fingerprint density at radius 3 is 2.46 bits per heavy atom. The largest absolute Gasteiger partial charge is 0.493 e. The van der Waals surface area contributed by atoms with Crippen molar-refractivity contribution in [1.29, 1.82) is 0 Å². The number of piperazine rings is 1. The Morgan fingerprint density at radius 2 is 1.79 bits per heavy atom. The van der Waals surface area contributed by atoms with Crippen LogP contribution in [-0.4, -0.2) is 43.6 Å². The van der Waals surface area contributed by atoms with Crippen molar-refractivity contribution in [2.75, 3.05) is 32.8 Å². The van der Waals surface area contributed by atoms with Crippen molar-refractivity contribution >= 4 is 5.91 Å². The number of benzene rings is 2. The molecule has 28 heavy (non-hydrogen) atoms. The first kappa shape index (κ1) is 19.0. The van der Waals surface area contributed by atoms with Crippen LogP contribution in [0.25, 0.3) is 0 Å². The van der Waals surface area contributed by atoms with Gasteiger partial charge in [-0.05, 0) is 46.9 Å². The smallest absolute Gasteiger partial charge is 0.254 e. The molecule has 2 aliphatic heterocycles. The average Bonchev–Trinajstić information content (AvgIpc) is 3.15. The molecule has 0 radical (unpaired) electrons. The minimum atomic E-state index is 0.111. The number of ether oxygens (including phenoxy) is 1. The van der Waals surface area contributed by atoms with E-state index >= 15 is 0 Å². The van der Waals surface area contributed by atoms with Gasteiger partial charge in [0.05, 0.1) is 32.8 Å². The molecular formula is C24H31N2O2+. The van der Waals surface area contributed by atoms with E-state index in [1.807, 2.05) is 17.0 Å². The van der Waals surface area contributed by atoms with E-state index < -0.39 is 0 Å². The van der Waals surface area contributed by atoms with Crippen LogP contribution >= 0.6 is 0 Å². The topological polar surface area (TPSA) is 34.0 Å². The highest BCUT2D eigenvalue weighted by Gasteiger charge is 2.25. The average molecular weight is 380 g/mol. The normalized spacial score (nSPS) is 17.3. The van der Waals surface area contributed by atoms with E-state index in [1.54, 1.807) is 4.90 Å². The molecule has 0 atom stereocenters. The van der Waals surface area contributed by atoms with Crippen molar-refractivity contribution < 1.29 is 14.4 Å². The minimum absolute atomic E-state index is 0.111. The maximum Gasteiger partial charge on any atom is 0.254 e. The first-order valence-corrected chi connectivity index (χ1v) is 10.4. The summed E-state index contributed by atoms with van der Waals surface area (Å²) in [6.45, 7) is 12.1. The Morgan fingerprint density at radius 1 is 1.07 bits per heavy atom. The summed E-state index contributed by atoms with van der Waals surface area (Å²) in [4.78, 5) is 16.4. The van der Waals surface area contributed by atoms with Gasteiger partial charge in [0.2, 0.25) is 0 Å². The highest BCUT2D eigenvalue weighted by Crippen LogP contribution is 2.25. The zero-order chi connectivity index (χ0) is 19.7. The van der Waals surface area contributed by atoms with Gasteiger partial charge in [0.1, 0.15) is 12.3 Å². The highest BCUT2D eigenvalue weighted by atomic mass is 16.5. The third-order valence-corrected chi connectivity index (χ3v) is 5.96. The summed E-state index contributed by atoms with van der Waals surface area (Å²) in [6.07, 6.45) is 1.02. The van der Waals surface area contributed by atoms with E-state index in [0.717, 1.165) is 57.1 Å². The van der Waals surface area contributed by atoms with E-state index in [-0.39, 0.29) is 11.3 Å². The number of fused-ring (bicyclic) bond motifs is 1. The van der Waals surface area contributed by atoms with Crippen LogP contribution in [0.5, 0.6) is 5.75 Å². The lowest BCUT2D eigenvalue weighted by Gasteiger charge is -2.32. The molecule has 0 saturated carbocycles. The maximum absolute atomic E-state index is 12.9. The van der Waals surface area contributed by atoms with Gasteiger partial charge in [0.15, 0.2) is 0 Å². The molecule has 2 aromatic carbocycles. The number of hydrogen-bond acceptors (Lipinski definition) is 2. The summed E-state index contributed by atoms with van der Waals surface area (Å²) in [6, 6.07) is 14.7. The summed E-state index contributed by atoms with van der Waals surface area (Å²) in [5.74, 6) is 1.21. The molecule has 4 rings (SSSR count). The Labute approximate surface area is 168 Å². The van der Waals surface area contributed by atoms with Gasteiger partial charge in [-0.1, -0.05) is 32.9 Å². The summed E-state index contributed by atoms with van der Waals surface area (Å²) in [5, 5.41) is 0. The zero-order valence-electron chi connectivity index (χ0n) is 17.3. The van der Waals surface area contributed by atoms with Crippen LogP contribution in [0, 0.1) is 0 Å². The van der Waals surface area contributed by atoms with Gasteiger partial charge >= 0.3 is 0 Å². The minimum Gasteiger partial charge on any atom is -0.493 e. The van der Waals surface area contributed by atoms with Gasteiger partial charge in [-0.3, -0.25) is 4.79 Å². The number of hydrogen-bond donors (Lipinski definition) is 1. The predicted molar refractivity (Wildman–Crippen MR) is 111 cm³/mol. The Bertz CT molecular complexity index is 844. The van der Waals surface area contributed by atoms with Crippen LogP contribution in [0.15, 0.2) is 42.5 Å². The number of amides is 1. The number of carbonyl (C=O) groups excluding carboxylic acids is 1. The molecule has 2 heterocycles. The van der Waals surface area contributed by atoms with E-state index in [4.69, 9.17) is 4.74 Å². The summed E-state index contributed by atoms with van der Waals surface area (Å²) in [7, 11) is 0. The second-order valence-electron chi connectivity index (χ2n) is 9.09. The highest BCUT2D eigenvalue weighted by molar-refractivity contribution is 5.94. The molecule has 0 bridgehead atoms. The second kappa shape index (κ2) is 7.59. The molecule has 0 spiro atoms.